The summed E-state index contributed by atoms with van der Waals surface area (Å²) >= 11 is 0. The maximum absolute atomic E-state index is 10.4. The molecule has 3 N–H and O–H groups in total. The van der Waals surface area contributed by atoms with Crippen molar-refractivity contribution in [2.24, 2.45) is 5.73 Å². The van der Waals surface area contributed by atoms with E-state index >= 15 is 0 Å². The topological polar surface area (TPSA) is 89.4 Å². The van der Waals surface area contributed by atoms with Gasteiger partial charge in [-0.25, -0.2) is 0 Å². The summed E-state index contributed by atoms with van der Waals surface area (Å²) < 4.78 is 4.63. The Kier molecular flexibility index (Phi) is 2.44. The SMILES string of the molecule is Cc1nocc1CC(N)C(=O)O. The average Bonchev–Trinajstić information content (AvgIpc) is 2.36. The molecule has 0 saturated heterocycles. The molecule has 0 amide bonds. The van der Waals surface area contributed by atoms with Crippen LogP contribution in [0.15, 0.2) is 10.8 Å². The Morgan fingerprint density at radius 1 is 1.92 bits per heavy atom. The summed E-state index contributed by atoms with van der Waals surface area (Å²) in [7, 11) is 0. The van der Waals surface area contributed by atoms with Gasteiger partial charge in [0.2, 0.25) is 0 Å². The van der Waals surface area contributed by atoms with Gasteiger partial charge in [-0.2, -0.15) is 0 Å². The summed E-state index contributed by atoms with van der Waals surface area (Å²) in [5, 5.41) is 12.1. The zero-order chi connectivity index (χ0) is 9.14. The maximum atomic E-state index is 10.4. The largest absolute Gasteiger partial charge is 0.480 e. The van der Waals surface area contributed by atoms with E-state index in [4.69, 9.17) is 10.8 Å². The molecule has 1 rings (SSSR count). The molecule has 12 heavy (non-hydrogen) atoms. The van der Waals surface area contributed by atoms with Crippen molar-refractivity contribution in [1.82, 2.24) is 5.16 Å². The highest BCUT2D eigenvalue weighted by molar-refractivity contribution is 5.73. The number of hydrogen-bond donors (Lipinski definition) is 2. The Morgan fingerprint density at radius 2 is 2.58 bits per heavy atom. The molecular formula is C7H10N2O3. The van der Waals surface area contributed by atoms with Crippen molar-refractivity contribution in [3.63, 3.8) is 0 Å². The van der Waals surface area contributed by atoms with Crippen LogP contribution in [0.2, 0.25) is 0 Å². The number of nitrogens with two attached hydrogens (primary N) is 1. The molecule has 1 aromatic heterocycles. The second-order valence-electron chi connectivity index (χ2n) is 2.57. The van der Waals surface area contributed by atoms with Crippen LogP contribution >= 0.6 is 0 Å². The van der Waals surface area contributed by atoms with Gasteiger partial charge in [0.25, 0.3) is 0 Å². The zero-order valence-corrected chi connectivity index (χ0v) is 6.65. The first kappa shape index (κ1) is 8.73. The highest BCUT2D eigenvalue weighted by Crippen LogP contribution is 2.06. The molecule has 0 aliphatic heterocycles. The first-order chi connectivity index (χ1) is 5.61. The second-order valence-corrected chi connectivity index (χ2v) is 2.57. The van der Waals surface area contributed by atoms with Gasteiger partial charge in [-0.3, -0.25) is 4.79 Å². The number of aromatic nitrogens is 1. The van der Waals surface area contributed by atoms with Gasteiger partial charge in [-0.1, -0.05) is 5.16 Å². The monoisotopic (exact) mass is 170 g/mol. The fraction of sp³-hybridized carbons (Fsp3) is 0.429. The minimum atomic E-state index is -1.02. The molecule has 5 nitrogen and oxygen atoms in total. The zero-order valence-electron chi connectivity index (χ0n) is 6.65. The molecule has 1 atom stereocenters. The number of hydrogen-bond acceptors (Lipinski definition) is 4. The van der Waals surface area contributed by atoms with Crippen LogP contribution in [-0.2, 0) is 11.2 Å². The predicted molar refractivity (Wildman–Crippen MR) is 40.6 cm³/mol. The molecule has 0 aliphatic carbocycles. The smallest absolute Gasteiger partial charge is 0.320 e. The van der Waals surface area contributed by atoms with Gasteiger partial charge < -0.3 is 15.4 Å². The quantitative estimate of drug-likeness (QED) is 0.663. The Balaban J connectivity index is 2.64. The molecule has 66 valence electrons. The minimum Gasteiger partial charge on any atom is -0.480 e. The average molecular weight is 170 g/mol. The van der Waals surface area contributed by atoms with E-state index < -0.39 is 12.0 Å². The van der Waals surface area contributed by atoms with Crippen molar-refractivity contribution in [3.05, 3.63) is 17.5 Å². The van der Waals surface area contributed by atoms with E-state index in [-0.39, 0.29) is 6.42 Å². The van der Waals surface area contributed by atoms with Crippen molar-refractivity contribution in [1.29, 1.82) is 0 Å². The summed E-state index contributed by atoms with van der Waals surface area (Å²) in [6.45, 7) is 1.74. The van der Waals surface area contributed by atoms with Crippen LogP contribution in [0.4, 0.5) is 0 Å². The molecule has 1 heterocycles. The fourth-order valence-electron chi connectivity index (χ4n) is 0.833. The van der Waals surface area contributed by atoms with E-state index in [0.29, 0.717) is 5.69 Å². The Bertz CT molecular complexity index is 282. The van der Waals surface area contributed by atoms with Gasteiger partial charge in [0.15, 0.2) is 0 Å². The molecule has 0 aliphatic rings. The van der Waals surface area contributed by atoms with Crippen LogP contribution in [0.1, 0.15) is 11.3 Å². The lowest BCUT2D eigenvalue weighted by atomic mass is 10.1. The van der Waals surface area contributed by atoms with Gasteiger partial charge in [-0.15, -0.1) is 0 Å². The van der Waals surface area contributed by atoms with Crippen LogP contribution in [-0.4, -0.2) is 22.3 Å². The summed E-state index contributed by atoms with van der Waals surface area (Å²) in [4.78, 5) is 10.4. The lowest BCUT2D eigenvalue weighted by molar-refractivity contribution is -0.138. The molecular weight excluding hydrogens is 160 g/mol. The number of aryl methyl sites for hydroxylation is 1. The highest BCUT2D eigenvalue weighted by atomic mass is 16.5. The number of nitrogens with zero attached hydrogens (tertiary/aromatic N) is 1. The number of carboxylic acids is 1. The molecule has 0 saturated carbocycles. The van der Waals surface area contributed by atoms with E-state index in [1.54, 1.807) is 6.92 Å². The van der Waals surface area contributed by atoms with Crippen molar-refractivity contribution in [2.75, 3.05) is 0 Å². The lowest BCUT2D eigenvalue weighted by Gasteiger charge is -2.02. The first-order valence-electron chi connectivity index (χ1n) is 3.49. The van der Waals surface area contributed by atoms with Crippen LogP contribution in [0.3, 0.4) is 0 Å². The molecule has 0 spiro atoms. The Morgan fingerprint density at radius 3 is 3.00 bits per heavy atom. The standard InChI is InChI=1S/C7H10N2O3/c1-4-5(3-12-9-4)2-6(8)7(10)11/h3,6H,2,8H2,1H3,(H,10,11). The molecule has 0 aromatic carbocycles. The number of carboxylic acid groups (broad SMARTS) is 1. The Labute approximate surface area is 69.2 Å². The van der Waals surface area contributed by atoms with Gasteiger partial charge in [-0.05, 0) is 6.92 Å². The molecule has 0 fully saturated rings. The van der Waals surface area contributed by atoms with E-state index in [1.807, 2.05) is 0 Å². The van der Waals surface area contributed by atoms with Crippen LogP contribution < -0.4 is 5.73 Å². The second kappa shape index (κ2) is 3.36. The third-order valence-electron chi connectivity index (χ3n) is 1.61. The van der Waals surface area contributed by atoms with Crippen LogP contribution in [0.25, 0.3) is 0 Å². The highest BCUT2D eigenvalue weighted by Gasteiger charge is 2.14. The molecule has 1 unspecified atom stereocenters. The minimum absolute atomic E-state index is 0.255. The number of carbonyl (C=O) groups is 1. The predicted octanol–water partition coefficient (Wildman–Crippen LogP) is -0.0626. The molecule has 0 radical (unpaired) electrons. The maximum Gasteiger partial charge on any atom is 0.320 e. The van der Waals surface area contributed by atoms with E-state index in [1.165, 1.54) is 6.26 Å². The third kappa shape index (κ3) is 1.82. The molecule has 5 heteroatoms. The number of rotatable bonds is 3. The van der Waals surface area contributed by atoms with Crippen molar-refractivity contribution in [2.45, 2.75) is 19.4 Å². The summed E-state index contributed by atoms with van der Waals surface area (Å²) in [6, 6.07) is -0.886. The molecule has 1 aromatic rings. The van der Waals surface area contributed by atoms with E-state index in [0.717, 1.165) is 5.56 Å². The van der Waals surface area contributed by atoms with Crippen molar-refractivity contribution < 1.29 is 14.4 Å². The normalized spacial score (nSPS) is 12.8. The van der Waals surface area contributed by atoms with Gasteiger partial charge >= 0.3 is 5.97 Å². The molecule has 0 bridgehead atoms. The first-order valence-corrected chi connectivity index (χ1v) is 3.49. The van der Waals surface area contributed by atoms with Gasteiger partial charge in [0.1, 0.15) is 12.3 Å². The summed E-state index contributed by atoms with van der Waals surface area (Å²) in [5.74, 6) is -1.02. The summed E-state index contributed by atoms with van der Waals surface area (Å²) in [6.07, 6.45) is 1.67. The van der Waals surface area contributed by atoms with E-state index in [2.05, 4.69) is 9.68 Å². The van der Waals surface area contributed by atoms with Crippen LogP contribution in [0, 0.1) is 6.92 Å². The van der Waals surface area contributed by atoms with Crippen molar-refractivity contribution >= 4 is 5.97 Å². The fourth-order valence-corrected chi connectivity index (χ4v) is 0.833. The Hall–Kier alpha value is -1.36. The summed E-state index contributed by atoms with van der Waals surface area (Å²) in [5.41, 5.74) is 6.74. The van der Waals surface area contributed by atoms with Crippen molar-refractivity contribution in [3.8, 4) is 0 Å². The lowest BCUT2D eigenvalue weighted by Crippen LogP contribution is -2.32. The third-order valence-corrected chi connectivity index (χ3v) is 1.61. The van der Waals surface area contributed by atoms with Crippen LogP contribution in [0.5, 0.6) is 0 Å². The van der Waals surface area contributed by atoms with Gasteiger partial charge in [0.05, 0.1) is 5.69 Å². The van der Waals surface area contributed by atoms with E-state index in [9.17, 15) is 4.79 Å². The number of aliphatic carboxylic acids is 1. The van der Waals surface area contributed by atoms with Gasteiger partial charge in [0, 0.05) is 12.0 Å².